The van der Waals surface area contributed by atoms with Crippen LogP contribution in [0, 0.1) is 5.82 Å². The minimum atomic E-state index is -0.877. The van der Waals surface area contributed by atoms with Crippen LogP contribution in [0.4, 0.5) is 9.18 Å². The van der Waals surface area contributed by atoms with Crippen molar-refractivity contribution in [2.45, 2.75) is 19.1 Å². The number of carbonyl (C=O) groups excluding carboxylic acids is 1. The third kappa shape index (κ3) is 2.47. The van der Waals surface area contributed by atoms with Gasteiger partial charge in [0.1, 0.15) is 24.3 Å². The molecule has 0 radical (unpaired) electrons. The molecule has 0 saturated heterocycles. The molecule has 1 atom stereocenters. The van der Waals surface area contributed by atoms with Crippen molar-refractivity contribution in [1.82, 2.24) is 0 Å². The SMILES string of the molecule is NC(=O)OCC1Cc2cc(F)cc(CO)c2O1. The van der Waals surface area contributed by atoms with Crippen LogP contribution in [0.1, 0.15) is 11.1 Å². The zero-order valence-corrected chi connectivity index (χ0v) is 8.98. The largest absolute Gasteiger partial charge is 0.486 e. The first-order valence-corrected chi connectivity index (χ1v) is 5.11. The van der Waals surface area contributed by atoms with Crippen molar-refractivity contribution >= 4 is 6.09 Å². The highest BCUT2D eigenvalue weighted by molar-refractivity contribution is 5.64. The molecular formula is C11H12FNO4. The topological polar surface area (TPSA) is 81.8 Å². The molecule has 2 rings (SSSR count). The van der Waals surface area contributed by atoms with Crippen molar-refractivity contribution in [1.29, 1.82) is 0 Å². The number of primary amides is 1. The van der Waals surface area contributed by atoms with E-state index in [1.165, 1.54) is 12.1 Å². The first-order valence-electron chi connectivity index (χ1n) is 5.11. The molecule has 1 aromatic carbocycles. The first-order chi connectivity index (χ1) is 8.10. The van der Waals surface area contributed by atoms with Gasteiger partial charge in [0.05, 0.1) is 6.61 Å². The number of aliphatic hydroxyl groups excluding tert-OH is 1. The Morgan fingerprint density at radius 3 is 3.06 bits per heavy atom. The van der Waals surface area contributed by atoms with Gasteiger partial charge in [-0.05, 0) is 12.1 Å². The number of hydrogen-bond acceptors (Lipinski definition) is 4. The molecule has 0 bridgehead atoms. The van der Waals surface area contributed by atoms with E-state index < -0.39 is 11.9 Å². The van der Waals surface area contributed by atoms with Crippen molar-refractivity contribution in [2.75, 3.05) is 6.61 Å². The van der Waals surface area contributed by atoms with Gasteiger partial charge in [-0.1, -0.05) is 0 Å². The van der Waals surface area contributed by atoms with Gasteiger partial charge in [0, 0.05) is 17.5 Å². The maximum atomic E-state index is 13.2. The van der Waals surface area contributed by atoms with Crippen molar-refractivity contribution in [3.8, 4) is 5.75 Å². The van der Waals surface area contributed by atoms with Gasteiger partial charge in [-0.25, -0.2) is 9.18 Å². The Morgan fingerprint density at radius 2 is 2.41 bits per heavy atom. The predicted octanol–water partition coefficient (Wildman–Crippen LogP) is 0.717. The maximum Gasteiger partial charge on any atom is 0.404 e. The molecule has 3 N–H and O–H groups in total. The molecule has 1 amide bonds. The second-order valence-electron chi connectivity index (χ2n) is 3.79. The summed E-state index contributed by atoms with van der Waals surface area (Å²) < 4.78 is 23.3. The summed E-state index contributed by atoms with van der Waals surface area (Å²) in [6.45, 7) is -0.292. The number of halogens is 1. The molecule has 1 aliphatic rings. The summed E-state index contributed by atoms with van der Waals surface area (Å²) in [4.78, 5) is 10.5. The van der Waals surface area contributed by atoms with Gasteiger partial charge in [-0.15, -0.1) is 0 Å². The molecule has 0 aliphatic carbocycles. The fourth-order valence-electron chi connectivity index (χ4n) is 1.85. The summed E-state index contributed by atoms with van der Waals surface area (Å²) in [5, 5.41) is 9.08. The zero-order chi connectivity index (χ0) is 12.4. The molecule has 17 heavy (non-hydrogen) atoms. The van der Waals surface area contributed by atoms with E-state index in [4.69, 9.17) is 15.6 Å². The minimum Gasteiger partial charge on any atom is -0.486 e. The summed E-state index contributed by atoms with van der Waals surface area (Å²) in [6.07, 6.45) is -0.837. The van der Waals surface area contributed by atoms with Crippen LogP contribution in [-0.2, 0) is 17.8 Å². The number of hydrogen-bond donors (Lipinski definition) is 2. The third-order valence-electron chi connectivity index (χ3n) is 2.52. The average Bonchev–Trinajstić information content (AvgIpc) is 2.67. The molecular weight excluding hydrogens is 229 g/mol. The van der Waals surface area contributed by atoms with Crippen LogP contribution in [0.15, 0.2) is 12.1 Å². The molecule has 5 nitrogen and oxygen atoms in total. The molecule has 0 saturated carbocycles. The van der Waals surface area contributed by atoms with Crippen molar-refractivity contribution in [3.63, 3.8) is 0 Å². The summed E-state index contributed by atoms with van der Waals surface area (Å²) in [6, 6.07) is 2.56. The van der Waals surface area contributed by atoms with Crippen molar-refractivity contribution < 1.29 is 23.8 Å². The first kappa shape index (κ1) is 11.7. The summed E-state index contributed by atoms with van der Waals surface area (Å²) in [5.41, 5.74) is 5.89. The van der Waals surface area contributed by atoms with Gasteiger partial charge in [0.15, 0.2) is 0 Å². The fourth-order valence-corrected chi connectivity index (χ4v) is 1.85. The average molecular weight is 241 g/mol. The van der Waals surface area contributed by atoms with Gasteiger partial charge in [-0.3, -0.25) is 0 Å². The van der Waals surface area contributed by atoms with Crippen LogP contribution < -0.4 is 10.5 Å². The lowest BCUT2D eigenvalue weighted by atomic mass is 10.1. The van der Waals surface area contributed by atoms with Crippen molar-refractivity contribution in [2.24, 2.45) is 5.73 Å². The molecule has 6 heteroatoms. The van der Waals surface area contributed by atoms with Crippen LogP contribution in [0.3, 0.4) is 0 Å². The van der Waals surface area contributed by atoms with Crippen molar-refractivity contribution in [3.05, 3.63) is 29.1 Å². The molecule has 92 valence electrons. The van der Waals surface area contributed by atoms with E-state index in [0.717, 1.165) is 0 Å². The van der Waals surface area contributed by atoms with Crippen LogP contribution >= 0.6 is 0 Å². The van der Waals surface area contributed by atoms with E-state index in [1.54, 1.807) is 0 Å². The van der Waals surface area contributed by atoms with E-state index in [2.05, 4.69) is 4.74 Å². The maximum absolute atomic E-state index is 13.2. The molecule has 0 spiro atoms. The Kier molecular flexibility index (Phi) is 3.14. The smallest absolute Gasteiger partial charge is 0.404 e. The standard InChI is InChI=1S/C11H12FNO4/c12-8-1-6-3-9(5-16-11(13)15)17-10(6)7(2-8)4-14/h1-2,9,14H,3-5H2,(H2,13,15). The lowest BCUT2D eigenvalue weighted by Gasteiger charge is -2.11. The highest BCUT2D eigenvalue weighted by atomic mass is 19.1. The number of carbonyl (C=O) groups is 1. The van der Waals surface area contributed by atoms with Crippen LogP contribution in [0.2, 0.25) is 0 Å². The Hall–Kier alpha value is -1.82. The Bertz CT molecular complexity index is 449. The Labute approximate surface area is 96.9 Å². The third-order valence-corrected chi connectivity index (χ3v) is 2.52. The quantitative estimate of drug-likeness (QED) is 0.816. The van der Waals surface area contributed by atoms with E-state index in [1.807, 2.05) is 0 Å². The van der Waals surface area contributed by atoms with Gasteiger partial charge in [-0.2, -0.15) is 0 Å². The summed E-state index contributed by atoms with van der Waals surface area (Å²) in [5.74, 6) is 0.0415. The van der Waals surface area contributed by atoms with E-state index >= 15 is 0 Å². The van der Waals surface area contributed by atoms with Crippen LogP contribution in [0.25, 0.3) is 0 Å². The number of nitrogens with two attached hydrogens (primary N) is 1. The Balaban J connectivity index is 2.13. The molecule has 0 fully saturated rings. The number of fused-ring (bicyclic) bond motifs is 1. The van der Waals surface area contributed by atoms with Gasteiger partial charge >= 0.3 is 6.09 Å². The molecule has 1 aliphatic heterocycles. The molecule has 0 aromatic heterocycles. The van der Waals surface area contributed by atoms with Crippen LogP contribution in [-0.4, -0.2) is 23.9 Å². The summed E-state index contributed by atoms with van der Waals surface area (Å²) in [7, 11) is 0. The number of amides is 1. The van der Waals surface area contributed by atoms with E-state index in [0.29, 0.717) is 23.3 Å². The van der Waals surface area contributed by atoms with Gasteiger partial charge < -0.3 is 20.3 Å². The van der Waals surface area contributed by atoms with Gasteiger partial charge in [0.25, 0.3) is 0 Å². The predicted molar refractivity (Wildman–Crippen MR) is 56.0 cm³/mol. The lowest BCUT2D eigenvalue weighted by Crippen LogP contribution is -2.25. The normalized spacial score (nSPS) is 17.4. The molecule has 1 aromatic rings. The highest BCUT2D eigenvalue weighted by Gasteiger charge is 2.27. The van der Waals surface area contributed by atoms with E-state index in [9.17, 15) is 9.18 Å². The number of benzene rings is 1. The fraction of sp³-hybridized carbons (Fsp3) is 0.364. The van der Waals surface area contributed by atoms with E-state index in [-0.39, 0.29) is 19.3 Å². The highest BCUT2D eigenvalue weighted by Crippen LogP contribution is 2.33. The minimum absolute atomic E-state index is 0.0104. The second kappa shape index (κ2) is 4.58. The zero-order valence-electron chi connectivity index (χ0n) is 8.98. The second-order valence-corrected chi connectivity index (χ2v) is 3.79. The van der Waals surface area contributed by atoms with Gasteiger partial charge in [0.2, 0.25) is 0 Å². The number of ether oxygens (including phenoxy) is 2. The lowest BCUT2D eigenvalue weighted by molar-refractivity contribution is 0.0977. The number of aliphatic hydroxyl groups is 1. The number of rotatable bonds is 3. The Morgan fingerprint density at radius 1 is 1.65 bits per heavy atom. The molecule has 1 unspecified atom stereocenters. The monoisotopic (exact) mass is 241 g/mol. The molecule has 1 heterocycles. The van der Waals surface area contributed by atoms with Crippen LogP contribution in [0.5, 0.6) is 5.75 Å². The summed E-state index contributed by atoms with van der Waals surface area (Å²) >= 11 is 0.